The molecule has 2 heterocycles. The van der Waals surface area contributed by atoms with Gasteiger partial charge in [0.2, 0.25) is 0 Å². The average Bonchev–Trinajstić information content (AvgIpc) is 2.85. The fourth-order valence-electron chi connectivity index (χ4n) is 3.38. The van der Waals surface area contributed by atoms with Crippen LogP contribution >= 0.6 is 0 Å². The lowest BCUT2D eigenvalue weighted by Crippen LogP contribution is -2.43. The van der Waals surface area contributed by atoms with E-state index < -0.39 is 0 Å². The summed E-state index contributed by atoms with van der Waals surface area (Å²) in [5, 5.41) is 0. The molecule has 4 nitrogen and oxygen atoms in total. The summed E-state index contributed by atoms with van der Waals surface area (Å²) >= 11 is 0. The van der Waals surface area contributed by atoms with Crippen molar-refractivity contribution in [1.29, 1.82) is 0 Å². The van der Waals surface area contributed by atoms with Gasteiger partial charge in [0.05, 0.1) is 11.0 Å². The van der Waals surface area contributed by atoms with Crippen LogP contribution in [-0.2, 0) is 20.1 Å². The first kappa shape index (κ1) is 14.5. The van der Waals surface area contributed by atoms with E-state index in [9.17, 15) is 0 Å². The Kier molecular flexibility index (Phi) is 3.34. The van der Waals surface area contributed by atoms with Gasteiger partial charge in [-0.2, -0.15) is 0 Å². The van der Waals surface area contributed by atoms with Gasteiger partial charge >= 0.3 is 0 Å². The SMILES string of the molecule is CC(C)c1nc2cc3c(cc2n1C)CN(CC(C)(C)N)C3. The average molecular weight is 286 g/mol. The van der Waals surface area contributed by atoms with E-state index in [0.29, 0.717) is 5.92 Å². The molecule has 0 fully saturated rings. The predicted molar refractivity (Wildman–Crippen MR) is 87.2 cm³/mol. The van der Waals surface area contributed by atoms with Crippen LogP contribution in [0.4, 0.5) is 0 Å². The third-order valence-electron chi connectivity index (χ3n) is 4.17. The van der Waals surface area contributed by atoms with Crippen LogP contribution in [0.15, 0.2) is 12.1 Å². The molecule has 0 amide bonds. The molecule has 1 aromatic carbocycles. The Morgan fingerprint density at radius 1 is 1.24 bits per heavy atom. The highest BCUT2D eigenvalue weighted by Gasteiger charge is 2.25. The van der Waals surface area contributed by atoms with E-state index in [1.54, 1.807) is 0 Å². The fraction of sp³-hybridized carbons (Fsp3) is 0.588. The second-order valence-electron chi connectivity index (χ2n) is 7.43. The third-order valence-corrected chi connectivity index (χ3v) is 4.17. The minimum Gasteiger partial charge on any atom is -0.331 e. The summed E-state index contributed by atoms with van der Waals surface area (Å²) in [6, 6.07) is 4.58. The van der Waals surface area contributed by atoms with E-state index >= 15 is 0 Å². The van der Waals surface area contributed by atoms with Crippen LogP contribution in [0.1, 0.15) is 50.6 Å². The first-order valence-corrected chi connectivity index (χ1v) is 7.74. The largest absolute Gasteiger partial charge is 0.331 e. The first-order valence-electron chi connectivity index (χ1n) is 7.74. The Balaban J connectivity index is 1.95. The van der Waals surface area contributed by atoms with Crippen molar-refractivity contribution in [2.75, 3.05) is 6.54 Å². The van der Waals surface area contributed by atoms with E-state index in [2.05, 4.69) is 56.3 Å². The van der Waals surface area contributed by atoms with E-state index in [1.165, 1.54) is 16.6 Å². The van der Waals surface area contributed by atoms with Crippen molar-refractivity contribution in [3.05, 3.63) is 29.1 Å². The quantitative estimate of drug-likeness (QED) is 0.943. The molecular formula is C17H26N4. The second kappa shape index (κ2) is 4.82. The lowest BCUT2D eigenvalue weighted by molar-refractivity contribution is 0.230. The van der Waals surface area contributed by atoms with Crippen molar-refractivity contribution < 1.29 is 0 Å². The van der Waals surface area contributed by atoms with E-state index in [-0.39, 0.29) is 5.54 Å². The number of hydrogen-bond donors (Lipinski definition) is 1. The minimum absolute atomic E-state index is 0.148. The zero-order valence-electron chi connectivity index (χ0n) is 13.8. The maximum absolute atomic E-state index is 6.15. The number of nitrogens with two attached hydrogens (primary N) is 1. The van der Waals surface area contributed by atoms with Crippen LogP contribution in [0.3, 0.4) is 0 Å². The number of nitrogens with zero attached hydrogens (tertiary/aromatic N) is 3. The molecule has 0 bridgehead atoms. The molecule has 0 aliphatic carbocycles. The predicted octanol–water partition coefficient (Wildman–Crippen LogP) is 2.75. The lowest BCUT2D eigenvalue weighted by Gasteiger charge is -2.25. The third kappa shape index (κ3) is 2.70. The molecule has 0 unspecified atom stereocenters. The van der Waals surface area contributed by atoms with Gasteiger partial charge in [-0.25, -0.2) is 4.98 Å². The molecule has 1 aliphatic heterocycles. The topological polar surface area (TPSA) is 47.1 Å². The summed E-state index contributed by atoms with van der Waals surface area (Å²) in [5.74, 6) is 1.61. The molecule has 1 aromatic heterocycles. The number of aryl methyl sites for hydroxylation is 1. The zero-order chi connectivity index (χ0) is 15.4. The van der Waals surface area contributed by atoms with Gasteiger partial charge in [-0.05, 0) is 37.1 Å². The van der Waals surface area contributed by atoms with Gasteiger partial charge in [0.15, 0.2) is 0 Å². The molecule has 0 spiro atoms. The van der Waals surface area contributed by atoms with Gasteiger partial charge in [-0.15, -0.1) is 0 Å². The highest BCUT2D eigenvalue weighted by Crippen LogP contribution is 2.29. The van der Waals surface area contributed by atoms with Gasteiger partial charge in [-0.3, -0.25) is 4.90 Å². The highest BCUT2D eigenvalue weighted by atomic mass is 15.2. The lowest BCUT2D eigenvalue weighted by atomic mass is 10.1. The van der Waals surface area contributed by atoms with Gasteiger partial charge in [-0.1, -0.05) is 13.8 Å². The van der Waals surface area contributed by atoms with E-state index in [4.69, 9.17) is 10.7 Å². The molecule has 4 heteroatoms. The Bertz CT molecular complexity index is 676. The van der Waals surface area contributed by atoms with Crippen LogP contribution in [0.5, 0.6) is 0 Å². The van der Waals surface area contributed by atoms with Crippen molar-refractivity contribution in [3.8, 4) is 0 Å². The molecule has 3 rings (SSSR count). The Morgan fingerprint density at radius 2 is 1.86 bits per heavy atom. The fourth-order valence-corrected chi connectivity index (χ4v) is 3.38. The van der Waals surface area contributed by atoms with Gasteiger partial charge in [0.25, 0.3) is 0 Å². The molecule has 114 valence electrons. The summed E-state index contributed by atoms with van der Waals surface area (Å²) in [6.45, 7) is 11.5. The summed E-state index contributed by atoms with van der Waals surface area (Å²) in [5.41, 5.74) is 11.2. The summed E-state index contributed by atoms with van der Waals surface area (Å²) in [7, 11) is 2.12. The van der Waals surface area contributed by atoms with Crippen molar-refractivity contribution in [2.45, 2.75) is 52.2 Å². The Hall–Kier alpha value is -1.39. The van der Waals surface area contributed by atoms with E-state index in [0.717, 1.165) is 31.0 Å². The number of imidazole rings is 1. The van der Waals surface area contributed by atoms with Gasteiger partial charge < -0.3 is 10.3 Å². The molecule has 1 aliphatic rings. The number of benzene rings is 1. The van der Waals surface area contributed by atoms with Gasteiger partial charge in [0, 0.05) is 38.1 Å². The normalized spacial score (nSPS) is 16.1. The number of aromatic nitrogens is 2. The molecule has 0 radical (unpaired) electrons. The van der Waals surface area contributed by atoms with Crippen LogP contribution in [0.25, 0.3) is 11.0 Å². The highest BCUT2D eigenvalue weighted by molar-refractivity contribution is 5.78. The van der Waals surface area contributed by atoms with Gasteiger partial charge in [0.1, 0.15) is 5.82 Å². The molecular weight excluding hydrogens is 260 g/mol. The molecule has 0 saturated heterocycles. The summed E-state index contributed by atoms with van der Waals surface area (Å²) in [4.78, 5) is 7.23. The second-order valence-corrected chi connectivity index (χ2v) is 7.43. The molecule has 2 aromatic rings. The Morgan fingerprint density at radius 3 is 2.43 bits per heavy atom. The standard InChI is InChI=1S/C17H26N4/c1-11(2)16-19-14-6-12-8-21(10-17(3,4)18)9-13(12)7-15(14)20(16)5/h6-7,11H,8-10,18H2,1-5H3. The first-order chi connectivity index (χ1) is 9.74. The monoisotopic (exact) mass is 286 g/mol. The maximum atomic E-state index is 6.15. The van der Waals surface area contributed by atoms with Crippen molar-refractivity contribution in [2.24, 2.45) is 12.8 Å². The van der Waals surface area contributed by atoms with Crippen LogP contribution in [0.2, 0.25) is 0 Å². The van der Waals surface area contributed by atoms with Crippen molar-refractivity contribution in [3.63, 3.8) is 0 Å². The number of rotatable bonds is 3. The molecule has 2 N–H and O–H groups in total. The van der Waals surface area contributed by atoms with Crippen molar-refractivity contribution in [1.82, 2.24) is 14.5 Å². The van der Waals surface area contributed by atoms with Crippen LogP contribution in [0, 0.1) is 0 Å². The number of hydrogen-bond acceptors (Lipinski definition) is 3. The van der Waals surface area contributed by atoms with E-state index in [1.807, 2.05) is 0 Å². The summed E-state index contributed by atoms with van der Waals surface area (Å²) in [6.07, 6.45) is 0. The minimum atomic E-state index is -0.148. The number of fused-ring (bicyclic) bond motifs is 2. The maximum Gasteiger partial charge on any atom is 0.112 e. The van der Waals surface area contributed by atoms with Crippen molar-refractivity contribution >= 4 is 11.0 Å². The van der Waals surface area contributed by atoms with Crippen LogP contribution < -0.4 is 5.73 Å². The summed E-state index contributed by atoms with van der Waals surface area (Å²) < 4.78 is 2.23. The van der Waals surface area contributed by atoms with Crippen LogP contribution in [-0.4, -0.2) is 26.5 Å². The smallest absolute Gasteiger partial charge is 0.112 e. The molecule has 0 saturated carbocycles. The Labute approximate surface area is 126 Å². The molecule has 21 heavy (non-hydrogen) atoms. The molecule has 0 atom stereocenters. The zero-order valence-corrected chi connectivity index (χ0v) is 13.8.